The van der Waals surface area contributed by atoms with Crippen molar-refractivity contribution in [1.29, 1.82) is 0 Å². The Balaban J connectivity index is -0.000000173. The zero-order valence-corrected chi connectivity index (χ0v) is 22.5. The van der Waals surface area contributed by atoms with Crippen LogP contribution in [0.25, 0.3) is 0 Å². The van der Waals surface area contributed by atoms with Crippen LogP contribution < -0.4 is 0 Å². The molecule has 0 amide bonds. The molecule has 1 aromatic heterocycles. The topological polar surface area (TPSA) is 134 Å². The van der Waals surface area contributed by atoms with Gasteiger partial charge in [0.15, 0.2) is 0 Å². The van der Waals surface area contributed by atoms with Crippen LogP contribution in [0.3, 0.4) is 0 Å². The lowest BCUT2D eigenvalue weighted by molar-refractivity contribution is -0.152. The molecule has 196 valence electrons. The lowest BCUT2D eigenvalue weighted by Crippen LogP contribution is -2.17. The minimum Gasteiger partial charge on any atom is -0.469 e. The molecule has 1 heterocycles. The van der Waals surface area contributed by atoms with E-state index in [2.05, 4.69) is 44.1 Å². The highest BCUT2D eigenvalue weighted by atomic mass is 16.5. The summed E-state index contributed by atoms with van der Waals surface area (Å²) in [5.74, 6) is -0.824. The molecule has 0 bridgehead atoms. The van der Waals surface area contributed by atoms with Crippen molar-refractivity contribution in [2.45, 2.75) is 81.6 Å². The molecule has 34 heavy (non-hydrogen) atoms. The van der Waals surface area contributed by atoms with Crippen LogP contribution in [-0.4, -0.2) is 48.8 Å². The number of hydrogen-bond donors (Lipinski definition) is 0. The van der Waals surface area contributed by atoms with Gasteiger partial charge in [-0.3, -0.25) is 14.4 Å². The SMILES string of the molecule is CC(C)=O.CC(C)C.CC(C)c1ccco1.CCOC(=O)C(C)=O.COC(=O)C(=O)CC(C)=O. The van der Waals surface area contributed by atoms with Gasteiger partial charge in [-0.1, -0.05) is 34.6 Å². The predicted molar refractivity (Wildman–Crippen MR) is 129 cm³/mol. The van der Waals surface area contributed by atoms with E-state index in [1.54, 1.807) is 13.2 Å². The molecular weight excluding hydrogens is 444 g/mol. The number of ether oxygens (including phenoxy) is 2. The molecule has 0 radical (unpaired) electrons. The van der Waals surface area contributed by atoms with E-state index >= 15 is 0 Å². The van der Waals surface area contributed by atoms with Crippen molar-refractivity contribution in [3.63, 3.8) is 0 Å². The molecule has 9 nitrogen and oxygen atoms in total. The molecule has 0 aliphatic heterocycles. The second-order valence-corrected chi connectivity index (χ2v) is 7.88. The van der Waals surface area contributed by atoms with E-state index in [4.69, 9.17) is 4.42 Å². The van der Waals surface area contributed by atoms with Gasteiger partial charge in [0, 0.05) is 12.8 Å². The number of methoxy groups -OCH3 is 1. The van der Waals surface area contributed by atoms with E-state index < -0.39 is 23.5 Å². The number of furan rings is 1. The fourth-order valence-electron chi connectivity index (χ4n) is 1.26. The van der Waals surface area contributed by atoms with Gasteiger partial charge in [-0.25, -0.2) is 9.59 Å². The van der Waals surface area contributed by atoms with Crippen LogP contribution in [0.5, 0.6) is 0 Å². The Bertz CT molecular complexity index is 708. The molecule has 1 rings (SSSR count). The highest BCUT2D eigenvalue weighted by Crippen LogP contribution is 2.12. The van der Waals surface area contributed by atoms with Crippen molar-refractivity contribution < 1.29 is 42.7 Å². The van der Waals surface area contributed by atoms with Crippen LogP contribution in [0.15, 0.2) is 22.8 Å². The Kier molecular flexibility index (Phi) is 27.6. The van der Waals surface area contributed by atoms with Crippen molar-refractivity contribution in [3.8, 4) is 0 Å². The van der Waals surface area contributed by atoms with Crippen LogP contribution in [0, 0.1) is 5.92 Å². The third-order valence-corrected chi connectivity index (χ3v) is 2.50. The van der Waals surface area contributed by atoms with Crippen LogP contribution >= 0.6 is 0 Å². The normalized spacial score (nSPS) is 8.74. The Morgan fingerprint density at radius 3 is 1.50 bits per heavy atom. The standard InChI is InChI=1S/C7H10O.C6H8O4.C5H8O3.C4H10.C3H6O/c1-6(2)7-4-3-5-8-7;1-4(7)3-5(8)6(9)10-2;1-3-8-5(7)4(2)6;1-4(2)3;1-3(2)4/h3-6H,1-2H3;3H2,1-2H3;3H2,1-2H3;4H,1-3H3;1-2H3. The first-order valence-electron chi connectivity index (χ1n) is 10.8. The van der Waals surface area contributed by atoms with Gasteiger partial charge in [0.25, 0.3) is 0 Å². The first-order chi connectivity index (χ1) is 15.5. The smallest absolute Gasteiger partial charge is 0.374 e. The third-order valence-electron chi connectivity index (χ3n) is 2.50. The number of carbonyl (C=O) groups is 6. The zero-order valence-electron chi connectivity index (χ0n) is 22.5. The summed E-state index contributed by atoms with van der Waals surface area (Å²) < 4.78 is 13.5. The molecule has 0 aliphatic carbocycles. The molecule has 9 heteroatoms. The first kappa shape index (κ1) is 38.2. The largest absolute Gasteiger partial charge is 0.469 e. The Labute approximate surface area is 203 Å². The second-order valence-electron chi connectivity index (χ2n) is 7.88. The maximum Gasteiger partial charge on any atom is 0.374 e. The molecular formula is C25H42O9. The quantitative estimate of drug-likeness (QED) is 0.323. The number of Topliss-reactive ketones (excluding diaryl/α,β-unsaturated/α-hetero) is 4. The number of hydrogen-bond acceptors (Lipinski definition) is 9. The maximum atomic E-state index is 10.5. The van der Waals surface area contributed by atoms with Crippen molar-refractivity contribution in [1.82, 2.24) is 0 Å². The Morgan fingerprint density at radius 2 is 1.32 bits per heavy atom. The van der Waals surface area contributed by atoms with E-state index in [9.17, 15) is 28.8 Å². The van der Waals surface area contributed by atoms with Gasteiger partial charge in [-0.15, -0.1) is 0 Å². The lowest BCUT2D eigenvalue weighted by Gasteiger charge is -1.94. The minimum absolute atomic E-state index is 0.167. The summed E-state index contributed by atoms with van der Waals surface area (Å²) in [6.07, 6.45) is 1.34. The number of esters is 2. The van der Waals surface area contributed by atoms with E-state index in [1.165, 1.54) is 27.7 Å². The zero-order chi connectivity index (χ0) is 27.9. The van der Waals surface area contributed by atoms with Gasteiger partial charge in [0.1, 0.15) is 17.3 Å². The molecule has 0 aromatic carbocycles. The summed E-state index contributed by atoms with van der Waals surface area (Å²) in [6, 6.07) is 3.90. The molecule has 0 saturated carbocycles. The number of rotatable bonds is 6. The summed E-state index contributed by atoms with van der Waals surface area (Å²) in [5.41, 5.74) is 0. The van der Waals surface area contributed by atoms with Gasteiger partial charge in [-0.05, 0) is 45.7 Å². The molecule has 0 spiro atoms. The summed E-state index contributed by atoms with van der Waals surface area (Å²) in [5, 5.41) is 0. The Hall–Kier alpha value is -3.10. The van der Waals surface area contributed by atoms with Crippen LogP contribution in [-0.2, 0) is 38.2 Å². The number of ketones is 4. The second kappa shape index (κ2) is 24.5. The fraction of sp³-hybridized carbons (Fsp3) is 0.600. The van der Waals surface area contributed by atoms with Crippen LogP contribution in [0.1, 0.15) is 87.3 Å². The summed E-state index contributed by atoms with van der Waals surface area (Å²) in [4.78, 5) is 60.7. The van der Waals surface area contributed by atoms with Crippen molar-refractivity contribution >= 4 is 35.1 Å². The number of carbonyl (C=O) groups excluding carboxylic acids is 6. The fourth-order valence-corrected chi connectivity index (χ4v) is 1.26. The van der Waals surface area contributed by atoms with Crippen molar-refractivity contribution in [3.05, 3.63) is 24.2 Å². The average Bonchev–Trinajstić information content (AvgIpc) is 3.22. The highest BCUT2D eigenvalue weighted by Gasteiger charge is 2.14. The summed E-state index contributed by atoms with van der Waals surface area (Å²) in [7, 11) is 1.10. The van der Waals surface area contributed by atoms with Gasteiger partial charge in [-0.2, -0.15) is 0 Å². The van der Waals surface area contributed by atoms with Crippen LogP contribution in [0.2, 0.25) is 0 Å². The molecule has 0 N–H and O–H groups in total. The van der Waals surface area contributed by atoms with Gasteiger partial charge >= 0.3 is 11.9 Å². The molecule has 1 aromatic rings. The first-order valence-corrected chi connectivity index (χ1v) is 10.8. The summed E-state index contributed by atoms with van der Waals surface area (Å²) >= 11 is 0. The van der Waals surface area contributed by atoms with Crippen molar-refractivity contribution in [2.75, 3.05) is 13.7 Å². The maximum absolute atomic E-state index is 10.5. The summed E-state index contributed by atoms with van der Waals surface area (Å²) in [6.45, 7) is 18.1. The molecule has 0 atom stereocenters. The molecule has 0 aliphatic rings. The van der Waals surface area contributed by atoms with Gasteiger partial charge in [0.05, 0.1) is 26.4 Å². The van der Waals surface area contributed by atoms with Crippen LogP contribution in [0.4, 0.5) is 0 Å². The van der Waals surface area contributed by atoms with Gasteiger partial charge < -0.3 is 18.7 Å². The Morgan fingerprint density at radius 1 is 0.882 bits per heavy atom. The predicted octanol–water partition coefficient (Wildman–Crippen LogP) is 4.51. The highest BCUT2D eigenvalue weighted by molar-refractivity contribution is 6.36. The lowest BCUT2D eigenvalue weighted by atomic mass is 10.2. The van der Waals surface area contributed by atoms with E-state index in [-0.39, 0.29) is 24.6 Å². The van der Waals surface area contributed by atoms with E-state index in [1.807, 2.05) is 12.1 Å². The molecule has 0 fully saturated rings. The average molecular weight is 487 g/mol. The van der Waals surface area contributed by atoms with Gasteiger partial charge in [0.2, 0.25) is 11.6 Å². The third kappa shape index (κ3) is 36.3. The van der Waals surface area contributed by atoms with Crippen molar-refractivity contribution in [2.24, 2.45) is 5.92 Å². The van der Waals surface area contributed by atoms with E-state index in [0.717, 1.165) is 18.8 Å². The molecule has 0 saturated heterocycles. The van der Waals surface area contributed by atoms with E-state index in [0.29, 0.717) is 5.92 Å². The molecule has 0 unspecified atom stereocenters. The minimum atomic E-state index is -0.963. The monoisotopic (exact) mass is 486 g/mol.